The summed E-state index contributed by atoms with van der Waals surface area (Å²) in [4.78, 5) is 33.3. The first-order valence-corrected chi connectivity index (χ1v) is 7.15. The van der Waals surface area contributed by atoms with Crippen molar-refractivity contribution in [1.29, 1.82) is 0 Å². The second-order valence-corrected chi connectivity index (χ2v) is 5.43. The molecule has 2 aliphatic heterocycles. The molecule has 0 atom stereocenters. The van der Waals surface area contributed by atoms with Crippen molar-refractivity contribution in [3.63, 3.8) is 0 Å². The Labute approximate surface area is 123 Å². The van der Waals surface area contributed by atoms with Crippen LogP contribution in [0.5, 0.6) is 0 Å². The van der Waals surface area contributed by atoms with Gasteiger partial charge >= 0.3 is 6.03 Å². The summed E-state index contributed by atoms with van der Waals surface area (Å²) in [5, 5.41) is 2.87. The number of carbonyl (C=O) groups is 2. The summed E-state index contributed by atoms with van der Waals surface area (Å²) in [6.07, 6.45) is 4.03. The predicted molar refractivity (Wildman–Crippen MR) is 79.0 cm³/mol. The van der Waals surface area contributed by atoms with Crippen LogP contribution < -0.4 is 10.2 Å². The van der Waals surface area contributed by atoms with Crippen LogP contribution in [0.3, 0.4) is 0 Å². The Morgan fingerprint density at radius 2 is 2.10 bits per heavy atom. The Kier molecular flexibility index (Phi) is 3.64. The van der Waals surface area contributed by atoms with Crippen molar-refractivity contribution in [2.24, 2.45) is 0 Å². The lowest BCUT2D eigenvalue weighted by molar-refractivity contribution is -0.125. The zero-order chi connectivity index (χ0) is 14.8. The van der Waals surface area contributed by atoms with E-state index in [0.29, 0.717) is 12.4 Å². The molecule has 0 aliphatic carbocycles. The molecule has 7 nitrogen and oxygen atoms in total. The minimum atomic E-state index is -0.263. The van der Waals surface area contributed by atoms with Gasteiger partial charge < -0.3 is 15.1 Å². The molecule has 0 unspecified atom stereocenters. The molecule has 0 saturated carbocycles. The van der Waals surface area contributed by atoms with E-state index in [2.05, 4.69) is 15.2 Å². The van der Waals surface area contributed by atoms with E-state index in [1.54, 1.807) is 19.3 Å². The van der Waals surface area contributed by atoms with Gasteiger partial charge in [-0.1, -0.05) is 0 Å². The lowest BCUT2D eigenvalue weighted by Gasteiger charge is -2.22. The SMILES string of the molecule is CN1CN(C(=O)Nc2cccnc2N2CCCC2)CC1=O. The van der Waals surface area contributed by atoms with Crippen molar-refractivity contribution in [2.45, 2.75) is 12.8 Å². The molecule has 1 aromatic rings. The Bertz CT molecular complexity index is 556. The fraction of sp³-hybridized carbons (Fsp3) is 0.500. The van der Waals surface area contributed by atoms with Crippen molar-refractivity contribution >= 4 is 23.4 Å². The number of pyridine rings is 1. The van der Waals surface area contributed by atoms with E-state index in [4.69, 9.17) is 0 Å². The highest BCUT2D eigenvalue weighted by Gasteiger charge is 2.29. The lowest BCUT2D eigenvalue weighted by Crippen LogP contribution is -2.34. The van der Waals surface area contributed by atoms with E-state index >= 15 is 0 Å². The van der Waals surface area contributed by atoms with Crippen molar-refractivity contribution in [3.8, 4) is 0 Å². The molecule has 2 saturated heterocycles. The third-order valence-corrected chi connectivity index (χ3v) is 3.86. The molecule has 112 valence electrons. The van der Waals surface area contributed by atoms with Crippen molar-refractivity contribution < 1.29 is 9.59 Å². The van der Waals surface area contributed by atoms with Crippen LogP contribution in [0.25, 0.3) is 0 Å². The highest BCUT2D eigenvalue weighted by molar-refractivity contribution is 5.96. The first-order chi connectivity index (χ1) is 10.1. The number of rotatable bonds is 2. The number of urea groups is 1. The topological polar surface area (TPSA) is 68.8 Å². The molecular formula is C14H19N5O2. The van der Waals surface area contributed by atoms with Crippen LogP contribution in [-0.2, 0) is 4.79 Å². The molecule has 0 aromatic carbocycles. The number of anilines is 2. The van der Waals surface area contributed by atoms with Gasteiger partial charge in [-0.15, -0.1) is 0 Å². The largest absolute Gasteiger partial charge is 0.355 e. The van der Waals surface area contributed by atoms with E-state index in [-0.39, 0.29) is 18.5 Å². The first kappa shape index (κ1) is 13.7. The third-order valence-electron chi connectivity index (χ3n) is 3.86. The van der Waals surface area contributed by atoms with Crippen LogP contribution in [0.2, 0.25) is 0 Å². The van der Waals surface area contributed by atoms with E-state index in [1.165, 1.54) is 9.80 Å². The third kappa shape index (κ3) is 2.76. The average molecular weight is 289 g/mol. The normalized spacial score (nSPS) is 18.5. The van der Waals surface area contributed by atoms with Crippen molar-refractivity contribution in [3.05, 3.63) is 18.3 Å². The molecule has 7 heteroatoms. The molecule has 1 aromatic heterocycles. The summed E-state index contributed by atoms with van der Waals surface area (Å²) in [5.41, 5.74) is 0.700. The highest BCUT2D eigenvalue weighted by Crippen LogP contribution is 2.26. The Hall–Kier alpha value is -2.31. The second kappa shape index (κ2) is 5.59. The summed E-state index contributed by atoms with van der Waals surface area (Å²) in [5.74, 6) is 0.762. The van der Waals surface area contributed by atoms with Gasteiger partial charge in [0.25, 0.3) is 0 Å². The van der Waals surface area contributed by atoms with Gasteiger partial charge in [-0.2, -0.15) is 0 Å². The molecule has 3 rings (SSSR count). The lowest BCUT2D eigenvalue weighted by atomic mass is 10.3. The number of nitrogens with one attached hydrogen (secondary N) is 1. The average Bonchev–Trinajstić information content (AvgIpc) is 3.10. The van der Waals surface area contributed by atoms with E-state index in [1.807, 2.05) is 6.07 Å². The molecule has 2 aliphatic rings. The zero-order valence-electron chi connectivity index (χ0n) is 12.1. The van der Waals surface area contributed by atoms with E-state index < -0.39 is 0 Å². The fourth-order valence-corrected chi connectivity index (χ4v) is 2.67. The monoisotopic (exact) mass is 289 g/mol. The number of hydrogen-bond acceptors (Lipinski definition) is 4. The molecular weight excluding hydrogens is 270 g/mol. The molecule has 0 spiro atoms. The summed E-state index contributed by atoms with van der Waals surface area (Å²) >= 11 is 0. The molecule has 3 heterocycles. The van der Waals surface area contributed by atoms with E-state index in [9.17, 15) is 9.59 Å². The van der Waals surface area contributed by atoms with Crippen LogP contribution >= 0.6 is 0 Å². The van der Waals surface area contributed by atoms with Gasteiger partial charge in [0.1, 0.15) is 6.54 Å². The summed E-state index contributed by atoms with van der Waals surface area (Å²) in [7, 11) is 1.69. The molecule has 0 bridgehead atoms. The maximum absolute atomic E-state index is 12.3. The Morgan fingerprint density at radius 1 is 1.33 bits per heavy atom. The summed E-state index contributed by atoms with van der Waals surface area (Å²) in [6, 6.07) is 3.39. The number of aromatic nitrogens is 1. The highest BCUT2D eigenvalue weighted by atomic mass is 16.2. The molecule has 1 N–H and O–H groups in total. The number of amides is 3. The standard InChI is InChI=1S/C14H19N5O2/c1-17-10-19(9-12(17)20)14(21)16-11-5-4-6-15-13(11)18-7-2-3-8-18/h4-6H,2-3,7-10H2,1H3,(H,16,21). The van der Waals surface area contributed by atoms with Gasteiger partial charge in [0.2, 0.25) is 5.91 Å². The van der Waals surface area contributed by atoms with Crippen LogP contribution in [0.15, 0.2) is 18.3 Å². The predicted octanol–water partition coefficient (Wildman–Crippen LogP) is 0.945. The van der Waals surface area contributed by atoms with Gasteiger partial charge in [-0.3, -0.25) is 9.69 Å². The van der Waals surface area contributed by atoms with Crippen LogP contribution in [0, 0.1) is 0 Å². The molecule has 21 heavy (non-hydrogen) atoms. The van der Waals surface area contributed by atoms with E-state index in [0.717, 1.165) is 31.7 Å². The number of likely N-dealkylation sites (N-methyl/N-ethyl adjacent to an activating group) is 1. The molecule has 3 amide bonds. The van der Waals surface area contributed by atoms with Gasteiger partial charge in [0.15, 0.2) is 5.82 Å². The zero-order valence-corrected chi connectivity index (χ0v) is 12.1. The van der Waals surface area contributed by atoms with Crippen molar-refractivity contribution in [1.82, 2.24) is 14.8 Å². The van der Waals surface area contributed by atoms with Gasteiger partial charge in [0.05, 0.1) is 12.4 Å². The minimum absolute atomic E-state index is 0.0453. The van der Waals surface area contributed by atoms with Gasteiger partial charge in [-0.25, -0.2) is 9.78 Å². The summed E-state index contributed by atoms with van der Waals surface area (Å²) < 4.78 is 0. The maximum atomic E-state index is 12.3. The summed E-state index contributed by atoms with van der Waals surface area (Å²) in [6.45, 7) is 2.38. The molecule has 2 fully saturated rings. The Balaban J connectivity index is 1.73. The smallest absolute Gasteiger partial charge is 0.323 e. The van der Waals surface area contributed by atoms with Crippen LogP contribution in [0.4, 0.5) is 16.3 Å². The first-order valence-electron chi connectivity index (χ1n) is 7.15. The fourth-order valence-electron chi connectivity index (χ4n) is 2.67. The quantitative estimate of drug-likeness (QED) is 0.880. The number of carbonyl (C=O) groups excluding carboxylic acids is 2. The maximum Gasteiger partial charge on any atom is 0.323 e. The Morgan fingerprint density at radius 3 is 2.76 bits per heavy atom. The number of nitrogens with zero attached hydrogens (tertiary/aromatic N) is 4. The molecule has 0 radical (unpaired) electrons. The second-order valence-electron chi connectivity index (χ2n) is 5.43. The van der Waals surface area contributed by atoms with Crippen molar-refractivity contribution in [2.75, 3.05) is 43.6 Å². The van der Waals surface area contributed by atoms with Gasteiger partial charge in [0, 0.05) is 26.3 Å². The van der Waals surface area contributed by atoms with Crippen LogP contribution in [0.1, 0.15) is 12.8 Å². The number of hydrogen-bond donors (Lipinski definition) is 1. The minimum Gasteiger partial charge on any atom is -0.355 e. The van der Waals surface area contributed by atoms with Crippen LogP contribution in [-0.4, -0.2) is 60.1 Å². The van der Waals surface area contributed by atoms with Gasteiger partial charge in [-0.05, 0) is 25.0 Å².